The van der Waals surface area contributed by atoms with Gasteiger partial charge in [-0.25, -0.2) is 0 Å². The molecule has 0 radical (unpaired) electrons. The molecule has 0 heterocycles. The minimum atomic E-state index is 0.611. The molecule has 0 saturated heterocycles. The maximum absolute atomic E-state index is 5.32. The summed E-state index contributed by atoms with van der Waals surface area (Å²) in [4.78, 5) is 0. The summed E-state index contributed by atoms with van der Waals surface area (Å²) in [7, 11) is 1.83. The van der Waals surface area contributed by atoms with Gasteiger partial charge < -0.3 is 11.1 Å². The zero-order valence-corrected chi connectivity index (χ0v) is 7.36. The first-order chi connectivity index (χ1) is 4.68. The summed E-state index contributed by atoms with van der Waals surface area (Å²) in [6.45, 7) is 9.44. The Bertz CT molecular complexity index is 114. The largest absolute Gasteiger partial charge is 0.399 e. The van der Waals surface area contributed by atoms with Gasteiger partial charge in [0.05, 0.1) is 0 Å². The summed E-state index contributed by atoms with van der Waals surface area (Å²) in [5.41, 5.74) is 6.91. The van der Waals surface area contributed by atoms with Crippen molar-refractivity contribution in [1.29, 1.82) is 0 Å². The van der Waals surface area contributed by atoms with E-state index in [4.69, 9.17) is 5.73 Å². The van der Waals surface area contributed by atoms with Gasteiger partial charge >= 0.3 is 0 Å². The highest BCUT2D eigenvalue weighted by atomic mass is 14.8. The molecule has 2 heteroatoms. The zero-order chi connectivity index (χ0) is 8.57. The standard InChI is InChI=1S/C6H12N2.C2H6/c1-5(4-8-3)6(2)7;1-2/h4,8H,2,7H2,1,3H3;1-2H3/b5-4+;. The molecule has 0 atom stereocenters. The topological polar surface area (TPSA) is 38.0 Å². The number of rotatable bonds is 2. The van der Waals surface area contributed by atoms with E-state index in [0.29, 0.717) is 5.70 Å². The molecule has 0 aliphatic carbocycles. The van der Waals surface area contributed by atoms with Gasteiger partial charge in [-0.2, -0.15) is 0 Å². The van der Waals surface area contributed by atoms with Crippen molar-refractivity contribution < 1.29 is 0 Å². The lowest BCUT2D eigenvalue weighted by Gasteiger charge is -1.96. The van der Waals surface area contributed by atoms with Crippen molar-refractivity contribution in [2.45, 2.75) is 20.8 Å². The zero-order valence-electron chi connectivity index (χ0n) is 7.36. The molecule has 60 valence electrons. The molecule has 0 aromatic carbocycles. The molecule has 0 amide bonds. The number of nitrogens with one attached hydrogen (secondary N) is 1. The third-order valence-electron chi connectivity index (χ3n) is 0.867. The Morgan fingerprint density at radius 1 is 1.50 bits per heavy atom. The smallest absolute Gasteiger partial charge is 0.0285 e. The molecule has 0 rings (SSSR count). The highest BCUT2D eigenvalue weighted by Crippen LogP contribution is 1.95. The molecule has 0 saturated carbocycles. The Balaban J connectivity index is 0. The molecule has 3 N–H and O–H groups in total. The van der Waals surface area contributed by atoms with E-state index < -0.39 is 0 Å². The van der Waals surface area contributed by atoms with Crippen molar-refractivity contribution in [2.24, 2.45) is 5.73 Å². The molecule has 0 fully saturated rings. The lowest BCUT2D eigenvalue weighted by molar-refractivity contribution is 1.07. The quantitative estimate of drug-likeness (QED) is 0.575. The van der Waals surface area contributed by atoms with Crippen LogP contribution >= 0.6 is 0 Å². The third kappa shape index (κ3) is 7.08. The maximum atomic E-state index is 5.32. The van der Waals surface area contributed by atoms with Gasteiger partial charge in [0.15, 0.2) is 0 Å². The van der Waals surface area contributed by atoms with Crippen LogP contribution in [0.25, 0.3) is 0 Å². The summed E-state index contributed by atoms with van der Waals surface area (Å²) < 4.78 is 0. The first kappa shape index (κ1) is 11.8. The summed E-state index contributed by atoms with van der Waals surface area (Å²) in [5.74, 6) is 0. The van der Waals surface area contributed by atoms with E-state index in [2.05, 4.69) is 11.9 Å². The molecule has 0 aliphatic rings. The second kappa shape index (κ2) is 8.08. The van der Waals surface area contributed by atoms with Crippen molar-refractivity contribution >= 4 is 0 Å². The van der Waals surface area contributed by atoms with Crippen LogP contribution < -0.4 is 11.1 Å². The fraction of sp³-hybridized carbons (Fsp3) is 0.500. The van der Waals surface area contributed by atoms with E-state index in [-0.39, 0.29) is 0 Å². The van der Waals surface area contributed by atoms with Crippen LogP contribution in [0.1, 0.15) is 20.8 Å². The van der Waals surface area contributed by atoms with E-state index in [1.807, 2.05) is 34.0 Å². The summed E-state index contributed by atoms with van der Waals surface area (Å²) in [5, 5.41) is 2.85. The van der Waals surface area contributed by atoms with Gasteiger partial charge in [0, 0.05) is 18.9 Å². The predicted molar refractivity (Wildman–Crippen MR) is 47.5 cm³/mol. The van der Waals surface area contributed by atoms with E-state index in [9.17, 15) is 0 Å². The number of hydrogen-bond acceptors (Lipinski definition) is 2. The number of allylic oxidation sites excluding steroid dienone is 1. The highest BCUT2D eigenvalue weighted by Gasteiger charge is 1.84. The second-order valence-electron chi connectivity index (χ2n) is 1.64. The van der Waals surface area contributed by atoms with Crippen LogP contribution in [0, 0.1) is 0 Å². The van der Waals surface area contributed by atoms with Crippen LogP contribution in [0.2, 0.25) is 0 Å². The van der Waals surface area contributed by atoms with E-state index >= 15 is 0 Å². The molecule has 0 aliphatic heterocycles. The average molecular weight is 142 g/mol. The third-order valence-corrected chi connectivity index (χ3v) is 0.867. The van der Waals surface area contributed by atoms with Crippen molar-refractivity contribution in [1.82, 2.24) is 5.32 Å². The van der Waals surface area contributed by atoms with Crippen LogP contribution in [0.3, 0.4) is 0 Å². The molecule has 0 unspecified atom stereocenters. The molecular formula is C8H18N2. The monoisotopic (exact) mass is 142 g/mol. The fourth-order valence-electron chi connectivity index (χ4n) is 0.309. The Hall–Kier alpha value is -0.920. The second-order valence-corrected chi connectivity index (χ2v) is 1.64. The lowest BCUT2D eigenvalue weighted by Crippen LogP contribution is -2.01. The predicted octanol–water partition coefficient (Wildman–Crippen LogP) is 1.61. The summed E-state index contributed by atoms with van der Waals surface area (Å²) in [6, 6.07) is 0. The summed E-state index contributed by atoms with van der Waals surface area (Å²) in [6.07, 6.45) is 1.81. The Morgan fingerprint density at radius 3 is 2.00 bits per heavy atom. The Kier molecular flexibility index (Phi) is 9.56. The average Bonchev–Trinajstić information content (AvgIpc) is 1.93. The molecule has 0 aromatic heterocycles. The molecule has 0 spiro atoms. The van der Waals surface area contributed by atoms with Gasteiger partial charge in [-0.15, -0.1) is 0 Å². The molecule has 10 heavy (non-hydrogen) atoms. The first-order valence-corrected chi connectivity index (χ1v) is 3.47. The highest BCUT2D eigenvalue weighted by molar-refractivity contribution is 5.21. The van der Waals surface area contributed by atoms with E-state index in [0.717, 1.165) is 5.57 Å². The minimum Gasteiger partial charge on any atom is -0.399 e. The fourth-order valence-corrected chi connectivity index (χ4v) is 0.309. The van der Waals surface area contributed by atoms with Crippen LogP contribution in [0.15, 0.2) is 24.0 Å². The number of hydrogen-bond donors (Lipinski definition) is 2. The van der Waals surface area contributed by atoms with Crippen molar-refractivity contribution in [3.05, 3.63) is 24.0 Å². The van der Waals surface area contributed by atoms with Gasteiger partial charge in [-0.1, -0.05) is 20.4 Å². The SMILES string of the molecule is C=C(N)/C(C)=C/NC.CC. The molecular weight excluding hydrogens is 124 g/mol. The van der Waals surface area contributed by atoms with Crippen LogP contribution in [-0.2, 0) is 0 Å². The molecule has 0 bridgehead atoms. The van der Waals surface area contributed by atoms with Gasteiger partial charge in [0.1, 0.15) is 0 Å². The van der Waals surface area contributed by atoms with Gasteiger partial charge in [-0.05, 0) is 12.5 Å². The van der Waals surface area contributed by atoms with Crippen molar-refractivity contribution in [3.8, 4) is 0 Å². The van der Waals surface area contributed by atoms with Crippen LogP contribution in [-0.4, -0.2) is 7.05 Å². The van der Waals surface area contributed by atoms with Crippen molar-refractivity contribution in [2.75, 3.05) is 7.05 Å². The van der Waals surface area contributed by atoms with Gasteiger partial charge in [0.2, 0.25) is 0 Å². The molecule has 0 aromatic rings. The minimum absolute atomic E-state index is 0.611. The normalized spacial score (nSPS) is 9.40. The lowest BCUT2D eigenvalue weighted by atomic mass is 10.3. The molecule has 2 nitrogen and oxygen atoms in total. The van der Waals surface area contributed by atoms with Crippen LogP contribution in [0.5, 0.6) is 0 Å². The van der Waals surface area contributed by atoms with E-state index in [1.54, 1.807) is 0 Å². The Labute approximate surface area is 63.8 Å². The van der Waals surface area contributed by atoms with Crippen molar-refractivity contribution in [3.63, 3.8) is 0 Å². The number of nitrogens with two attached hydrogens (primary N) is 1. The Morgan fingerprint density at radius 2 is 1.90 bits per heavy atom. The van der Waals surface area contributed by atoms with Gasteiger partial charge in [-0.3, -0.25) is 0 Å². The van der Waals surface area contributed by atoms with Gasteiger partial charge in [0.25, 0.3) is 0 Å². The first-order valence-electron chi connectivity index (χ1n) is 3.47. The van der Waals surface area contributed by atoms with Crippen LogP contribution in [0.4, 0.5) is 0 Å². The summed E-state index contributed by atoms with van der Waals surface area (Å²) >= 11 is 0. The van der Waals surface area contributed by atoms with E-state index in [1.165, 1.54) is 0 Å². The maximum Gasteiger partial charge on any atom is 0.0285 e.